The molecule has 6 heteroatoms. The van der Waals surface area contributed by atoms with E-state index in [1.54, 1.807) is 0 Å². The van der Waals surface area contributed by atoms with Crippen LogP contribution in [0.4, 0.5) is 22.7 Å². The molecule has 0 radical (unpaired) electrons. The van der Waals surface area contributed by atoms with Crippen molar-refractivity contribution in [1.29, 1.82) is 0 Å². The van der Waals surface area contributed by atoms with E-state index in [0.717, 1.165) is 78.2 Å². The van der Waals surface area contributed by atoms with Crippen molar-refractivity contribution in [2.45, 2.75) is 84.0 Å². The maximum Gasteiger partial charge on any atom is 0.135 e. The summed E-state index contributed by atoms with van der Waals surface area (Å²) in [5.41, 5.74) is 23.2. The Kier molecular flexibility index (Phi) is 12.7. The summed E-state index contributed by atoms with van der Waals surface area (Å²) in [5, 5.41) is 2.27. The topological polar surface area (TPSA) is 33.5 Å². The van der Waals surface area contributed by atoms with E-state index in [2.05, 4.69) is 308 Å². The van der Waals surface area contributed by atoms with Crippen molar-refractivity contribution in [2.75, 3.05) is 9.80 Å². The third-order valence-corrected chi connectivity index (χ3v) is 17.8. The van der Waals surface area contributed by atoms with Crippen LogP contribution in [0.15, 0.2) is 225 Å². The molecule has 0 unspecified atom stereocenters. The predicted molar refractivity (Wildman–Crippen MR) is 347 cm³/mol. The van der Waals surface area contributed by atoms with Gasteiger partial charge in [-0.05, 0) is 108 Å². The summed E-state index contributed by atoms with van der Waals surface area (Å²) in [6.45, 7) is 22.9. The number of benzene rings is 10. The molecule has 420 valence electrons. The fourth-order valence-corrected chi connectivity index (χ4v) is 13.7. The summed E-state index contributed by atoms with van der Waals surface area (Å²) in [5.74, 6) is 2.05. The Morgan fingerprint density at radius 1 is 0.471 bits per heavy atom. The smallest absolute Gasteiger partial charge is 0.135 e. The number of aromatic nitrogens is 2. The van der Waals surface area contributed by atoms with Crippen molar-refractivity contribution in [3.63, 3.8) is 0 Å². The molecule has 85 heavy (non-hydrogen) atoms. The average molecular weight is 1280 g/mol. The first-order chi connectivity index (χ1) is 40.6. The molecule has 15 rings (SSSR count). The van der Waals surface area contributed by atoms with Gasteiger partial charge < -0.3 is 19.1 Å². The Morgan fingerprint density at radius 2 is 1.01 bits per heavy atom. The number of ether oxygens (including phenoxy) is 1. The largest absolute Gasteiger partial charge is 0.509 e. The Balaban J connectivity index is 0.00000640. The fourth-order valence-electron chi connectivity index (χ4n) is 13.7. The molecule has 0 amide bonds. The van der Waals surface area contributed by atoms with Crippen molar-refractivity contribution < 1.29 is 25.8 Å². The molecule has 0 fully saturated rings. The number of anilines is 4. The summed E-state index contributed by atoms with van der Waals surface area (Å²) < 4.78 is 9.87. The van der Waals surface area contributed by atoms with Crippen LogP contribution in [0.1, 0.15) is 101 Å². The molecule has 1 aliphatic heterocycles. The summed E-state index contributed by atoms with van der Waals surface area (Å²) in [6, 6.07) is 87.8. The maximum atomic E-state index is 7.56. The van der Waals surface area contributed by atoms with E-state index in [9.17, 15) is 0 Å². The number of nitrogens with zero attached hydrogens (tertiary/aromatic N) is 4. The van der Waals surface area contributed by atoms with E-state index in [-0.39, 0.29) is 37.3 Å². The summed E-state index contributed by atoms with van der Waals surface area (Å²) in [6.07, 6.45) is 1.95. The molecule has 1 spiro atoms. The van der Waals surface area contributed by atoms with E-state index in [4.69, 9.17) is 9.72 Å². The molecule has 0 saturated heterocycles. The van der Waals surface area contributed by atoms with Crippen LogP contribution in [0.3, 0.4) is 0 Å². The predicted octanol–water partition coefficient (Wildman–Crippen LogP) is 20.5. The van der Waals surface area contributed by atoms with Crippen LogP contribution in [0.5, 0.6) is 11.5 Å². The van der Waals surface area contributed by atoms with Gasteiger partial charge in [0.05, 0.1) is 5.41 Å². The number of fused-ring (bicyclic) bond motifs is 15. The van der Waals surface area contributed by atoms with E-state index in [0.29, 0.717) is 11.5 Å². The first-order valence-corrected chi connectivity index (χ1v) is 29.4. The van der Waals surface area contributed by atoms with Crippen molar-refractivity contribution in [3.8, 4) is 61.8 Å². The first-order valence-electron chi connectivity index (χ1n) is 29.4. The number of hydrogen-bond acceptors (Lipinski definition) is 4. The van der Waals surface area contributed by atoms with Gasteiger partial charge in [0, 0.05) is 72.5 Å². The zero-order valence-corrected chi connectivity index (χ0v) is 51.7. The van der Waals surface area contributed by atoms with Crippen molar-refractivity contribution in [3.05, 3.63) is 282 Å². The van der Waals surface area contributed by atoms with Gasteiger partial charge in [-0.1, -0.05) is 254 Å². The molecule has 12 aromatic rings. The Labute approximate surface area is 514 Å². The zero-order chi connectivity index (χ0) is 57.4. The quantitative estimate of drug-likeness (QED) is 0.149. The van der Waals surface area contributed by atoms with Crippen LogP contribution >= 0.6 is 0 Å². The van der Waals surface area contributed by atoms with Gasteiger partial charge in [0.15, 0.2) is 0 Å². The van der Waals surface area contributed by atoms with E-state index in [1.165, 1.54) is 55.6 Å². The van der Waals surface area contributed by atoms with E-state index in [1.807, 2.05) is 12.3 Å². The van der Waals surface area contributed by atoms with Crippen molar-refractivity contribution in [2.24, 2.45) is 0 Å². The zero-order valence-electron chi connectivity index (χ0n) is 49.5. The molecule has 0 saturated carbocycles. The van der Waals surface area contributed by atoms with Gasteiger partial charge >= 0.3 is 0 Å². The normalized spacial score (nSPS) is 13.8. The van der Waals surface area contributed by atoms with Gasteiger partial charge in [-0.25, -0.2) is 4.98 Å². The van der Waals surface area contributed by atoms with Gasteiger partial charge in [-0.3, -0.25) is 0 Å². The van der Waals surface area contributed by atoms with Crippen LogP contribution in [0, 0.1) is 18.8 Å². The molecular formula is C79H65N4OPt-3. The molecule has 2 aromatic heterocycles. The third kappa shape index (κ3) is 8.47. The van der Waals surface area contributed by atoms with Crippen LogP contribution in [-0.4, -0.2) is 9.55 Å². The summed E-state index contributed by atoms with van der Waals surface area (Å²) >= 11 is 0. The van der Waals surface area contributed by atoms with Gasteiger partial charge in [0.25, 0.3) is 0 Å². The van der Waals surface area contributed by atoms with Crippen LogP contribution in [0.25, 0.3) is 72.1 Å². The van der Waals surface area contributed by atoms with E-state index < -0.39 is 5.41 Å². The second kappa shape index (κ2) is 19.9. The third-order valence-electron chi connectivity index (χ3n) is 17.8. The Bertz CT molecular complexity index is 4570. The fraction of sp³-hybridized carbons (Fsp3) is 0.165. The van der Waals surface area contributed by atoms with Crippen molar-refractivity contribution >= 4 is 44.6 Å². The number of hydrogen-bond donors (Lipinski definition) is 0. The second-order valence-electron chi connectivity index (χ2n) is 26.0. The average Bonchev–Trinajstić information content (AvgIpc) is 1.50. The molecule has 0 bridgehead atoms. The molecular weight excluding hydrogens is 1220 g/mol. The molecule has 3 aliphatic rings. The minimum atomic E-state index is -0.680. The minimum Gasteiger partial charge on any atom is -0.509 e. The summed E-state index contributed by atoms with van der Waals surface area (Å²) in [4.78, 5) is 9.81. The molecule has 3 heterocycles. The molecule has 10 aromatic carbocycles. The molecule has 0 N–H and O–H groups in total. The number of para-hydroxylation sites is 4. The van der Waals surface area contributed by atoms with Crippen molar-refractivity contribution in [1.82, 2.24) is 9.55 Å². The summed E-state index contributed by atoms with van der Waals surface area (Å²) in [7, 11) is 0. The van der Waals surface area contributed by atoms with Gasteiger partial charge in [-0.2, -0.15) is 6.07 Å². The Hall–Kier alpha value is -8.76. The molecule has 2 aliphatic carbocycles. The first kappa shape index (κ1) is 54.2. The Morgan fingerprint density at radius 3 is 1.67 bits per heavy atom. The van der Waals surface area contributed by atoms with Gasteiger partial charge in [0.1, 0.15) is 5.82 Å². The number of pyridine rings is 1. The van der Waals surface area contributed by atoms with Crippen LogP contribution in [-0.2, 0) is 42.7 Å². The molecule has 0 atom stereocenters. The van der Waals surface area contributed by atoms with E-state index >= 15 is 0 Å². The monoisotopic (exact) mass is 1280 g/mol. The SMILES string of the molecule is CC(C)(C)c1cc(-c2cccc(-c3ccccc3)c2N2[CH-]N(c3[c-]c(Oc4[c-]c5c(c6c4-c4ccccc4C64c6ccccc6-c6ccccc64)c4ccccc4n5-c4cc(C(C)(C)C)ccn4)ccc3)c3ccccc32)cc(C(C)(C)C)c1.[Pt]. The van der Waals surface area contributed by atoms with Gasteiger partial charge in [0.2, 0.25) is 0 Å². The standard InChI is InChI=1S/C79H65N4O.Pt/c1-76(2,3)52-41-42-80-71(46-52)83-66-38-20-16-32-62(66)72-69(83)48-70(73-61-31-15-19-37-65(61)79(74(72)73)63-35-17-13-29-59(63)60-30-14-18-36-64(60)79)84-56-28-23-27-55(47-56)81-49-82(68-40-22-21-39-67(68)81)75-57(50-25-11-10-12-26-50)33-24-34-58(75)51-43-53(77(4,5)6)45-54(44-51)78(7,8)9;/h10-46,49H,1-9H3;/q-3;. The second-order valence-corrected chi connectivity index (χ2v) is 26.0. The van der Waals surface area contributed by atoms with Gasteiger partial charge in [-0.15, -0.1) is 42.2 Å². The number of rotatable bonds is 7. The van der Waals surface area contributed by atoms with Crippen LogP contribution < -0.4 is 14.5 Å². The maximum absolute atomic E-state index is 7.56. The molecule has 5 nitrogen and oxygen atoms in total. The minimum absolute atomic E-state index is 0. The van der Waals surface area contributed by atoms with Crippen LogP contribution in [0.2, 0.25) is 0 Å².